The third-order valence-electron chi connectivity index (χ3n) is 8.50. The Balaban J connectivity index is 1.45. The fourth-order valence-electron chi connectivity index (χ4n) is 6.64. The second kappa shape index (κ2) is 6.88. The van der Waals surface area contributed by atoms with Gasteiger partial charge >= 0.3 is 5.97 Å². The van der Waals surface area contributed by atoms with Crippen molar-refractivity contribution < 1.29 is 22.7 Å². The number of carbonyl (C=O) groups is 1. The largest absolute Gasteiger partial charge is 0.441 e. The number of anilines is 2. The first-order valence-electron chi connectivity index (χ1n) is 12.6. The summed E-state index contributed by atoms with van der Waals surface area (Å²) in [5.41, 5.74) is 3.65. The summed E-state index contributed by atoms with van der Waals surface area (Å²) in [7, 11) is 0. The van der Waals surface area contributed by atoms with E-state index in [1.54, 1.807) is 17.9 Å². The van der Waals surface area contributed by atoms with Crippen molar-refractivity contribution in [1.82, 2.24) is 0 Å². The topological polar surface area (TPSA) is 32.8 Å². The molecule has 1 spiro atoms. The van der Waals surface area contributed by atoms with Crippen LogP contribution in [-0.2, 0) is 15.8 Å². The minimum atomic E-state index is -2.68. The van der Waals surface area contributed by atoms with E-state index in [-0.39, 0.29) is 13.1 Å². The molecule has 0 amide bonds. The van der Waals surface area contributed by atoms with Gasteiger partial charge in [-0.1, -0.05) is 44.2 Å². The summed E-state index contributed by atoms with van der Waals surface area (Å²) in [4.78, 5) is 16.8. The van der Waals surface area contributed by atoms with Crippen molar-refractivity contribution in [3.8, 4) is 0 Å². The molecule has 37 heavy (non-hydrogen) atoms. The first-order valence-corrected chi connectivity index (χ1v) is 12.6. The minimum Gasteiger partial charge on any atom is -0.441 e. The Hall–Kier alpha value is -3.48. The molecule has 3 aromatic carbocycles. The van der Waals surface area contributed by atoms with Gasteiger partial charge in [0.2, 0.25) is 0 Å². The van der Waals surface area contributed by atoms with E-state index >= 15 is 0 Å². The van der Waals surface area contributed by atoms with Crippen molar-refractivity contribution in [1.29, 1.82) is 0 Å². The maximum Gasteiger partial charge on any atom is 0.340 e. The second-order valence-corrected chi connectivity index (χ2v) is 11.7. The van der Waals surface area contributed by atoms with Crippen LogP contribution in [0.15, 0.2) is 60.7 Å². The highest BCUT2D eigenvalue weighted by Gasteiger charge is 2.56. The van der Waals surface area contributed by atoms with Crippen LogP contribution in [0.25, 0.3) is 0 Å². The van der Waals surface area contributed by atoms with Crippen molar-refractivity contribution in [3.05, 3.63) is 94.0 Å². The zero-order chi connectivity index (χ0) is 26.0. The number of hydrogen-bond donors (Lipinski definition) is 0. The van der Waals surface area contributed by atoms with Gasteiger partial charge in [-0.15, -0.1) is 0 Å². The van der Waals surface area contributed by atoms with Crippen molar-refractivity contribution >= 4 is 17.3 Å². The molecule has 2 fully saturated rings. The van der Waals surface area contributed by atoms with Gasteiger partial charge in [-0.3, -0.25) is 0 Å². The Morgan fingerprint density at radius 2 is 1.24 bits per heavy atom. The standard InChI is InChI=1S/C30H27F3N2O2/c1-27(2)24-12-18(34-14-28(3,31)15-34)8-10-22(24)30(21-7-5-4-6-20(21)26(36)37-30)23-11-9-19(13-25(23)27)35-16-29(32,33)17-35/h4-13H,14-17H2,1-3H3. The quantitative estimate of drug-likeness (QED) is 0.414. The summed E-state index contributed by atoms with van der Waals surface area (Å²) in [6.45, 7) is 5.83. The van der Waals surface area contributed by atoms with Gasteiger partial charge in [-0.2, -0.15) is 0 Å². The molecule has 7 rings (SSSR count). The number of fused-ring (bicyclic) bond motifs is 6. The molecule has 0 bridgehead atoms. The Kier molecular flexibility index (Phi) is 4.22. The van der Waals surface area contributed by atoms with Gasteiger partial charge in [0.1, 0.15) is 5.67 Å². The van der Waals surface area contributed by atoms with Gasteiger partial charge in [0.15, 0.2) is 5.60 Å². The minimum absolute atomic E-state index is 0.313. The molecular weight excluding hydrogens is 477 g/mol. The van der Waals surface area contributed by atoms with Gasteiger partial charge in [-0.25, -0.2) is 18.0 Å². The molecule has 0 radical (unpaired) electrons. The molecule has 0 aromatic heterocycles. The highest BCUT2D eigenvalue weighted by atomic mass is 19.3. The van der Waals surface area contributed by atoms with Crippen LogP contribution < -0.4 is 9.80 Å². The lowest BCUT2D eigenvalue weighted by Crippen LogP contribution is -2.57. The number of nitrogens with zero attached hydrogens (tertiary/aromatic N) is 2. The van der Waals surface area contributed by atoms with E-state index in [4.69, 9.17) is 4.74 Å². The molecule has 4 aliphatic rings. The molecule has 190 valence electrons. The first-order chi connectivity index (χ1) is 17.4. The van der Waals surface area contributed by atoms with Crippen molar-refractivity contribution in [2.75, 3.05) is 36.0 Å². The van der Waals surface area contributed by atoms with E-state index in [0.29, 0.717) is 18.7 Å². The average Bonchev–Trinajstić information content (AvgIpc) is 3.12. The fraction of sp³-hybridized carbons (Fsp3) is 0.367. The van der Waals surface area contributed by atoms with E-state index in [2.05, 4.69) is 19.9 Å². The Morgan fingerprint density at radius 1 is 0.703 bits per heavy atom. The zero-order valence-electron chi connectivity index (χ0n) is 20.9. The number of ether oxygens (including phenoxy) is 1. The zero-order valence-corrected chi connectivity index (χ0v) is 20.9. The van der Waals surface area contributed by atoms with Crippen molar-refractivity contribution in [2.45, 2.75) is 43.4 Å². The van der Waals surface area contributed by atoms with Crippen LogP contribution in [0.4, 0.5) is 24.5 Å². The molecule has 2 saturated heterocycles. The summed E-state index contributed by atoms with van der Waals surface area (Å²) in [5.74, 6) is -3.07. The SMILES string of the molecule is CC1(F)CN(c2ccc3c(c2)C(C)(C)c2cc(N4CC(F)(F)C4)ccc2C32OC(=O)c3ccccc32)C1. The van der Waals surface area contributed by atoms with Gasteiger partial charge in [0.05, 0.1) is 31.7 Å². The van der Waals surface area contributed by atoms with E-state index in [1.807, 2.05) is 53.4 Å². The van der Waals surface area contributed by atoms with Crippen LogP contribution in [0, 0.1) is 0 Å². The maximum absolute atomic E-state index is 14.3. The number of alkyl halides is 3. The van der Waals surface area contributed by atoms with Crippen molar-refractivity contribution in [2.24, 2.45) is 0 Å². The molecular formula is C30H27F3N2O2. The number of carbonyl (C=O) groups excluding carboxylic acids is 1. The molecule has 4 nitrogen and oxygen atoms in total. The lowest BCUT2D eigenvalue weighted by molar-refractivity contribution is -0.0263. The summed E-state index contributed by atoms with van der Waals surface area (Å²) in [6.07, 6.45) is 0. The first kappa shape index (κ1) is 22.7. The highest BCUT2D eigenvalue weighted by Crippen LogP contribution is 2.57. The molecule has 3 aliphatic heterocycles. The summed E-state index contributed by atoms with van der Waals surface area (Å²) in [6, 6.07) is 19.2. The predicted molar refractivity (Wildman–Crippen MR) is 136 cm³/mol. The third kappa shape index (κ3) is 3.00. The molecule has 3 aromatic rings. The van der Waals surface area contributed by atoms with Crippen LogP contribution in [0.3, 0.4) is 0 Å². The van der Waals surface area contributed by atoms with Crippen molar-refractivity contribution in [3.63, 3.8) is 0 Å². The normalized spacial score (nSPS) is 25.5. The molecule has 0 N–H and O–H groups in total. The van der Waals surface area contributed by atoms with E-state index in [0.717, 1.165) is 39.2 Å². The molecule has 3 heterocycles. The molecule has 7 heteroatoms. The van der Waals surface area contributed by atoms with Gasteiger partial charge < -0.3 is 14.5 Å². The van der Waals surface area contributed by atoms with Crippen LogP contribution in [0.5, 0.6) is 0 Å². The highest BCUT2D eigenvalue weighted by molar-refractivity contribution is 5.97. The monoisotopic (exact) mass is 504 g/mol. The molecule has 0 saturated carbocycles. The van der Waals surface area contributed by atoms with Crippen LogP contribution in [-0.4, -0.2) is 43.7 Å². The predicted octanol–water partition coefficient (Wildman–Crippen LogP) is 5.79. The van der Waals surface area contributed by atoms with Gasteiger partial charge in [-0.05, 0) is 48.4 Å². The second-order valence-electron chi connectivity index (χ2n) is 11.7. The summed E-state index contributed by atoms with van der Waals surface area (Å²) >= 11 is 0. The molecule has 1 atom stereocenters. The lowest BCUT2D eigenvalue weighted by atomic mass is 9.61. The molecule has 1 unspecified atom stereocenters. The maximum atomic E-state index is 14.3. The third-order valence-corrected chi connectivity index (χ3v) is 8.50. The summed E-state index contributed by atoms with van der Waals surface area (Å²) < 4.78 is 48.0. The summed E-state index contributed by atoms with van der Waals surface area (Å²) in [5, 5.41) is 0. The van der Waals surface area contributed by atoms with Gasteiger partial charge in [0.25, 0.3) is 5.92 Å². The Labute approximate surface area is 213 Å². The van der Waals surface area contributed by atoms with Crippen LogP contribution in [0.1, 0.15) is 58.9 Å². The molecule has 1 aliphatic carbocycles. The fourth-order valence-corrected chi connectivity index (χ4v) is 6.64. The number of halogens is 3. The number of hydrogen-bond acceptors (Lipinski definition) is 4. The van der Waals surface area contributed by atoms with E-state index in [9.17, 15) is 18.0 Å². The van der Waals surface area contributed by atoms with E-state index < -0.39 is 28.6 Å². The number of rotatable bonds is 2. The van der Waals surface area contributed by atoms with Crippen LogP contribution in [0.2, 0.25) is 0 Å². The van der Waals surface area contributed by atoms with Gasteiger partial charge in [0, 0.05) is 33.5 Å². The lowest BCUT2D eigenvalue weighted by Gasteiger charge is -2.48. The van der Waals surface area contributed by atoms with Crippen LogP contribution >= 0.6 is 0 Å². The Bertz CT molecular complexity index is 1400. The number of esters is 1. The smallest absolute Gasteiger partial charge is 0.340 e. The number of benzene rings is 3. The average molecular weight is 505 g/mol. The van der Waals surface area contributed by atoms with E-state index in [1.165, 1.54) is 0 Å². The Morgan fingerprint density at radius 3 is 1.78 bits per heavy atom.